The zero-order valence-electron chi connectivity index (χ0n) is 9.91. The van der Waals surface area contributed by atoms with Crippen molar-refractivity contribution in [3.05, 3.63) is 58.1 Å². The fraction of sp³-hybridized carbons (Fsp3) is 0.0714. The van der Waals surface area contributed by atoms with Gasteiger partial charge in [0.05, 0.1) is 5.69 Å². The van der Waals surface area contributed by atoms with Crippen LogP contribution in [0.4, 0.5) is 11.4 Å². The van der Waals surface area contributed by atoms with Crippen LogP contribution in [0.5, 0.6) is 0 Å². The van der Waals surface area contributed by atoms with E-state index in [1.807, 2.05) is 19.1 Å². The van der Waals surface area contributed by atoms with Crippen molar-refractivity contribution in [2.24, 2.45) is 0 Å². The summed E-state index contributed by atoms with van der Waals surface area (Å²) in [7, 11) is 0. The van der Waals surface area contributed by atoms with Crippen LogP contribution in [-0.2, 0) is 0 Å². The number of benzene rings is 2. The lowest BCUT2D eigenvalue weighted by molar-refractivity contribution is 0.102. The van der Waals surface area contributed by atoms with Crippen LogP contribution in [0, 0.1) is 6.92 Å². The van der Waals surface area contributed by atoms with Crippen molar-refractivity contribution in [1.82, 2.24) is 0 Å². The fourth-order valence-corrected chi connectivity index (χ4v) is 1.88. The minimum atomic E-state index is -0.152. The van der Waals surface area contributed by atoms with Crippen LogP contribution >= 0.6 is 15.9 Å². The van der Waals surface area contributed by atoms with Crippen LogP contribution in [0.2, 0.25) is 0 Å². The number of carbonyl (C=O) groups is 1. The summed E-state index contributed by atoms with van der Waals surface area (Å²) in [6.45, 7) is 1.98. The van der Waals surface area contributed by atoms with E-state index in [0.717, 1.165) is 10.0 Å². The smallest absolute Gasteiger partial charge is 0.255 e. The molecule has 18 heavy (non-hydrogen) atoms. The molecule has 0 aliphatic heterocycles. The maximum Gasteiger partial charge on any atom is 0.255 e. The normalized spacial score (nSPS) is 10.1. The van der Waals surface area contributed by atoms with Gasteiger partial charge < -0.3 is 11.1 Å². The monoisotopic (exact) mass is 304 g/mol. The van der Waals surface area contributed by atoms with E-state index in [1.165, 1.54) is 0 Å². The second-order valence-corrected chi connectivity index (χ2v) is 4.91. The lowest BCUT2D eigenvalue weighted by atomic mass is 10.1. The van der Waals surface area contributed by atoms with Crippen molar-refractivity contribution in [3.8, 4) is 0 Å². The third kappa shape index (κ3) is 2.90. The molecule has 92 valence electrons. The number of halogens is 1. The molecule has 0 aliphatic rings. The van der Waals surface area contributed by atoms with Gasteiger partial charge in [-0.3, -0.25) is 4.79 Å². The molecular weight excluding hydrogens is 292 g/mol. The average molecular weight is 305 g/mol. The van der Waals surface area contributed by atoms with Crippen molar-refractivity contribution >= 4 is 33.2 Å². The molecule has 0 bridgehead atoms. The first kappa shape index (κ1) is 12.6. The number of rotatable bonds is 2. The molecule has 3 N–H and O–H groups in total. The van der Waals surface area contributed by atoms with Crippen LogP contribution in [0.15, 0.2) is 46.9 Å². The van der Waals surface area contributed by atoms with E-state index in [-0.39, 0.29) is 5.91 Å². The fourth-order valence-electron chi connectivity index (χ4n) is 1.54. The van der Waals surface area contributed by atoms with E-state index in [2.05, 4.69) is 21.2 Å². The Morgan fingerprint density at radius 3 is 2.50 bits per heavy atom. The summed E-state index contributed by atoms with van der Waals surface area (Å²) in [5, 5.41) is 2.82. The molecule has 2 aromatic rings. The van der Waals surface area contributed by atoms with Crippen molar-refractivity contribution in [2.45, 2.75) is 6.92 Å². The molecule has 3 nitrogen and oxygen atoms in total. The molecule has 0 aromatic heterocycles. The minimum Gasteiger partial charge on any atom is -0.399 e. The largest absolute Gasteiger partial charge is 0.399 e. The third-order valence-electron chi connectivity index (χ3n) is 2.55. The predicted molar refractivity (Wildman–Crippen MR) is 77.7 cm³/mol. The summed E-state index contributed by atoms with van der Waals surface area (Å²) >= 11 is 3.37. The topological polar surface area (TPSA) is 55.1 Å². The van der Waals surface area contributed by atoms with Crippen molar-refractivity contribution in [3.63, 3.8) is 0 Å². The first-order valence-electron chi connectivity index (χ1n) is 5.49. The number of hydrogen-bond acceptors (Lipinski definition) is 2. The highest BCUT2D eigenvalue weighted by molar-refractivity contribution is 9.10. The SMILES string of the molecule is Cc1ccc(C(=O)Nc2cc(N)ccc2Br)cc1. The van der Waals surface area contributed by atoms with E-state index < -0.39 is 0 Å². The number of hydrogen-bond donors (Lipinski definition) is 2. The highest BCUT2D eigenvalue weighted by Crippen LogP contribution is 2.25. The van der Waals surface area contributed by atoms with Gasteiger partial charge in [0.15, 0.2) is 0 Å². The first-order valence-corrected chi connectivity index (χ1v) is 6.28. The quantitative estimate of drug-likeness (QED) is 0.833. The number of nitrogens with two attached hydrogens (primary N) is 1. The Morgan fingerprint density at radius 1 is 1.17 bits per heavy atom. The molecule has 1 amide bonds. The van der Waals surface area contributed by atoms with Crippen molar-refractivity contribution in [2.75, 3.05) is 11.1 Å². The Labute approximate surface area is 114 Å². The molecular formula is C14H13BrN2O. The molecule has 0 spiro atoms. The summed E-state index contributed by atoms with van der Waals surface area (Å²) in [5.74, 6) is -0.152. The van der Waals surface area contributed by atoms with E-state index in [9.17, 15) is 4.79 Å². The predicted octanol–water partition coefficient (Wildman–Crippen LogP) is 3.59. The van der Waals surface area contributed by atoms with Crippen molar-refractivity contribution in [1.29, 1.82) is 0 Å². The summed E-state index contributed by atoms with van der Waals surface area (Å²) in [5.41, 5.74) is 8.71. The lowest BCUT2D eigenvalue weighted by Gasteiger charge is -2.08. The van der Waals surface area contributed by atoms with E-state index in [4.69, 9.17) is 5.73 Å². The van der Waals surface area contributed by atoms with Gasteiger partial charge in [-0.1, -0.05) is 17.7 Å². The molecule has 0 unspecified atom stereocenters. The number of amides is 1. The maximum absolute atomic E-state index is 12.0. The molecule has 0 aliphatic carbocycles. The molecule has 0 heterocycles. The van der Waals surface area contributed by atoms with E-state index >= 15 is 0 Å². The molecule has 2 rings (SSSR count). The lowest BCUT2D eigenvalue weighted by Crippen LogP contribution is -2.12. The number of carbonyl (C=O) groups excluding carboxylic acids is 1. The third-order valence-corrected chi connectivity index (χ3v) is 3.24. The second kappa shape index (κ2) is 5.23. The van der Waals surface area contributed by atoms with Crippen molar-refractivity contribution < 1.29 is 4.79 Å². The zero-order valence-corrected chi connectivity index (χ0v) is 11.5. The van der Waals surface area contributed by atoms with Crippen LogP contribution in [0.1, 0.15) is 15.9 Å². The Bertz CT molecular complexity index is 579. The number of nitrogens with one attached hydrogen (secondary N) is 1. The van der Waals surface area contributed by atoms with Crippen LogP contribution in [-0.4, -0.2) is 5.91 Å². The molecule has 0 radical (unpaired) electrons. The van der Waals surface area contributed by atoms with Crippen LogP contribution < -0.4 is 11.1 Å². The Hall–Kier alpha value is -1.81. The van der Waals surface area contributed by atoms with Gasteiger partial charge in [0.25, 0.3) is 5.91 Å². The van der Waals surface area contributed by atoms with Gasteiger partial charge in [-0.25, -0.2) is 0 Å². The first-order chi connectivity index (χ1) is 8.56. The molecule has 0 fully saturated rings. The van der Waals surface area contributed by atoms with E-state index in [1.54, 1.807) is 30.3 Å². The van der Waals surface area contributed by atoms with Gasteiger partial charge in [0.2, 0.25) is 0 Å². The Morgan fingerprint density at radius 2 is 1.83 bits per heavy atom. The zero-order chi connectivity index (χ0) is 13.1. The molecule has 0 atom stereocenters. The van der Waals surface area contributed by atoms with Gasteiger partial charge in [0, 0.05) is 15.7 Å². The van der Waals surface area contributed by atoms with E-state index in [0.29, 0.717) is 16.9 Å². The number of anilines is 2. The molecule has 0 saturated carbocycles. The van der Waals surface area contributed by atoms with Gasteiger partial charge >= 0.3 is 0 Å². The summed E-state index contributed by atoms with van der Waals surface area (Å²) in [6, 6.07) is 12.7. The summed E-state index contributed by atoms with van der Waals surface area (Å²) in [6.07, 6.45) is 0. The Kier molecular flexibility index (Phi) is 3.67. The maximum atomic E-state index is 12.0. The summed E-state index contributed by atoms with van der Waals surface area (Å²) < 4.78 is 0.803. The number of nitrogen functional groups attached to an aromatic ring is 1. The van der Waals surface area contributed by atoms with Crippen LogP contribution in [0.25, 0.3) is 0 Å². The highest BCUT2D eigenvalue weighted by Gasteiger charge is 2.08. The Balaban J connectivity index is 2.21. The summed E-state index contributed by atoms with van der Waals surface area (Å²) in [4.78, 5) is 12.0. The minimum absolute atomic E-state index is 0.152. The van der Waals surface area contributed by atoms with Crippen LogP contribution in [0.3, 0.4) is 0 Å². The highest BCUT2D eigenvalue weighted by atomic mass is 79.9. The number of aryl methyl sites for hydroxylation is 1. The second-order valence-electron chi connectivity index (χ2n) is 4.06. The average Bonchev–Trinajstić information content (AvgIpc) is 2.34. The molecule has 2 aromatic carbocycles. The van der Waals surface area contributed by atoms with Gasteiger partial charge in [-0.05, 0) is 53.2 Å². The van der Waals surface area contributed by atoms with Gasteiger partial charge in [-0.2, -0.15) is 0 Å². The van der Waals surface area contributed by atoms with Gasteiger partial charge in [0.1, 0.15) is 0 Å². The molecule has 0 saturated heterocycles. The molecule has 4 heteroatoms. The van der Waals surface area contributed by atoms with Gasteiger partial charge in [-0.15, -0.1) is 0 Å². The standard InChI is InChI=1S/C14H13BrN2O/c1-9-2-4-10(5-3-9)14(18)17-13-8-11(16)6-7-12(13)15/h2-8H,16H2,1H3,(H,17,18).